The van der Waals surface area contributed by atoms with Gasteiger partial charge in [0.25, 0.3) is 5.91 Å². The second-order valence-electron chi connectivity index (χ2n) is 11.0. The Hall–Kier alpha value is -3.19. The Kier molecular flexibility index (Phi) is 5.86. The van der Waals surface area contributed by atoms with Crippen molar-refractivity contribution in [1.82, 2.24) is 14.7 Å². The number of hydrogen-bond acceptors (Lipinski definition) is 3. The molecule has 2 amide bonds. The Morgan fingerprint density at radius 3 is 2.35 bits per heavy atom. The van der Waals surface area contributed by atoms with Gasteiger partial charge >= 0.3 is 0 Å². The van der Waals surface area contributed by atoms with Crippen molar-refractivity contribution >= 4 is 23.4 Å². The van der Waals surface area contributed by atoms with Crippen molar-refractivity contribution in [3.8, 4) is 11.3 Å². The molecule has 2 N–H and O–H groups in total. The molecule has 7 rings (SSSR count). The van der Waals surface area contributed by atoms with Crippen molar-refractivity contribution in [3.05, 3.63) is 76.2 Å². The number of hydrogen-bond donors (Lipinski definition) is 1. The summed E-state index contributed by atoms with van der Waals surface area (Å²) in [4.78, 5) is 27.9. The summed E-state index contributed by atoms with van der Waals surface area (Å²) in [5.74, 6) is -1.04. The number of aromatic nitrogens is 2. The van der Waals surface area contributed by atoms with Crippen molar-refractivity contribution in [2.24, 2.45) is 11.1 Å². The summed E-state index contributed by atoms with van der Waals surface area (Å²) in [6.07, 6.45) is 7.15. The van der Waals surface area contributed by atoms with E-state index in [2.05, 4.69) is 35.4 Å². The molecule has 0 atom stereocenters. The van der Waals surface area contributed by atoms with Crippen LogP contribution in [-0.4, -0.2) is 33.0 Å². The van der Waals surface area contributed by atoms with Crippen molar-refractivity contribution in [2.45, 2.75) is 63.5 Å². The predicted molar refractivity (Wildman–Crippen MR) is 139 cm³/mol. The lowest BCUT2D eigenvalue weighted by Crippen LogP contribution is -2.47. The van der Waals surface area contributed by atoms with E-state index in [1.54, 1.807) is 4.68 Å². The van der Waals surface area contributed by atoms with E-state index in [0.29, 0.717) is 36.5 Å². The van der Waals surface area contributed by atoms with Gasteiger partial charge in [0.2, 0.25) is 5.91 Å². The quantitative estimate of drug-likeness (QED) is 0.484. The average molecular weight is 521 g/mol. The molecule has 37 heavy (non-hydrogen) atoms. The molecule has 3 fully saturated rings. The molecule has 0 saturated heterocycles. The molecule has 0 radical (unpaired) electrons. The highest BCUT2D eigenvalue weighted by atomic mass is 35.5. The monoisotopic (exact) mass is 520 g/mol. The Morgan fingerprint density at radius 1 is 1.00 bits per heavy atom. The zero-order valence-electron chi connectivity index (χ0n) is 20.7. The topological polar surface area (TPSA) is 81.2 Å². The van der Waals surface area contributed by atoms with Gasteiger partial charge in [0.15, 0.2) is 0 Å². The van der Waals surface area contributed by atoms with Crippen LogP contribution in [0.15, 0.2) is 48.5 Å². The first kappa shape index (κ1) is 24.2. The van der Waals surface area contributed by atoms with Gasteiger partial charge in [-0.2, -0.15) is 5.10 Å². The lowest BCUT2D eigenvalue weighted by atomic mass is 9.51. The summed E-state index contributed by atoms with van der Waals surface area (Å²) in [7, 11) is 0. The molecule has 2 heterocycles. The number of amides is 2. The van der Waals surface area contributed by atoms with Crippen LogP contribution >= 0.6 is 11.6 Å². The third-order valence-electron chi connectivity index (χ3n) is 9.09. The second kappa shape index (κ2) is 8.98. The van der Waals surface area contributed by atoms with E-state index < -0.39 is 11.7 Å². The summed E-state index contributed by atoms with van der Waals surface area (Å²) in [5, 5.41) is 4.54. The fraction of sp³-hybridized carbons (Fsp3) is 0.414. The van der Waals surface area contributed by atoms with E-state index in [4.69, 9.17) is 17.3 Å². The Balaban J connectivity index is 1.19. The summed E-state index contributed by atoms with van der Waals surface area (Å²) in [6.45, 7) is 1.28. The molecule has 1 aliphatic heterocycles. The predicted octanol–water partition coefficient (Wildman–Crippen LogP) is 5.47. The van der Waals surface area contributed by atoms with Crippen LogP contribution in [0, 0.1) is 11.2 Å². The molecule has 0 spiro atoms. The summed E-state index contributed by atoms with van der Waals surface area (Å²) in [6, 6.07) is 15.1. The van der Waals surface area contributed by atoms with Crippen LogP contribution in [0.3, 0.4) is 0 Å². The highest BCUT2D eigenvalue weighted by molar-refractivity contribution is 6.31. The van der Waals surface area contributed by atoms with Crippen LogP contribution in [0.1, 0.15) is 66.6 Å². The van der Waals surface area contributed by atoms with E-state index in [-0.39, 0.29) is 33.9 Å². The minimum absolute atomic E-state index is 0.0498. The molecule has 192 valence electrons. The molecular weight excluding hydrogens is 491 g/mol. The van der Waals surface area contributed by atoms with Gasteiger partial charge in [0.1, 0.15) is 11.5 Å². The molecule has 1 aromatic heterocycles. The first-order valence-corrected chi connectivity index (χ1v) is 13.4. The van der Waals surface area contributed by atoms with Crippen LogP contribution < -0.4 is 5.73 Å². The summed E-state index contributed by atoms with van der Waals surface area (Å²) >= 11 is 5.97. The third-order valence-corrected chi connectivity index (χ3v) is 9.38. The minimum Gasteiger partial charge on any atom is -0.365 e. The number of fused-ring (bicyclic) bond motifs is 4. The highest BCUT2D eigenvalue weighted by Gasteiger charge is 2.50. The number of carbonyl (C=O) groups excluding carboxylic acids is 2. The Bertz CT molecular complexity index is 1360. The van der Waals surface area contributed by atoms with Gasteiger partial charge in [0.05, 0.1) is 29.4 Å². The molecule has 6 nitrogen and oxygen atoms in total. The SMILES string of the molecule is NC(=O)c1c(-c2ccc(F)c(Cl)c2)nn2c1CN(C(=O)CC13CCC(c4ccccc4)(CC1)CC3)CC2. The van der Waals surface area contributed by atoms with Gasteiger partial charge in [-0.1, -0.05) is 41.9 Å². The minimum atomic E-state index is -0.624. The number of halogens is 2. The number of rotatable bonds is 5. The number of nitrogens with two attached hydrogens (primary N) is 1. The van der Waals surface area contributed by atoms with Gasteiger partial charge in [0, 0.05) is 18.5 Å². The molecule has 2 aromatic carbocycles. The number of primary amides is 1. The van der Waals surface area contributed by atoms with Gasteiger partial charge in [-0.3, -0.25) is 14.3 Å². The maximum Gasteiger partial charge on any atom is 0.252 e. The molecule has 4 aliphatic rings. The van der Waals surface area contributed by atoms with E-state index in [1.165, 1.54) is 23.8 Å². The third kappa shape index (κ3) is 4.13. The van der Waals surface area contributed by atoms with Crippen molar-refractivity contribution in [2.75, 3.05) is 6.54 Å². The number of nitrogens with zero attached hydrogens (tertiary/aromatic N) is 3. The molecule has 3 aromatic rings. The second-order valence-corrected chi connectivity index (χ2v) is 11.4. The first-order valence-electron chi connectivity index (χ1n) is 13.0. The Labute approximate surface area is 220 Å². The summed E-state index contributed by atoms with van der Waals surface area (Å²) in [5.41, 5.74) is 9.31. The van der Waals surface area contributed by atoms with Crippen molar-refractivity contribution in [1.29, 1.82) is 0 Å². The smallest absolute Gasteiger partial charge is 0.252 e. The first-order chi connectivity index (χ1) is 17.8. The molecule has 0 unspecified atom stereocenters. The molecule has 2 bridgehead atoms. The van der Waals surface area contributed by atoms with E-state index in [0.717, 1.165) is 38.5 Å². The lowest BCUT2D eigenvalue weighted by molar-refractivity contribution is -0.137. The lowest BCUT2D eigenvalue weighted by Gasteiger charge is -2.54. The molecular formula is C29H30ClFN4O2. The largest absolute Gasteiger partial charge is 0.365 e. The van der Waals surface area contributed by atoms with Crippen molar-refractivity contribution in [3.63, 3.8) is 0 Å². The zero-order valence-corrected chi connectivity index (χ0v) is 21.4. The maximum absolute atomic E-state index is 13.7. The number of carbonyl (C=O) groups is 2. The zero-order chi connectivity index (χ0) is 25.8. The highest BCUT2D eigenvalue weighted by Crippen LogP contribution is 2.59. The molecule has 3 aliphatic carbocycles. The van der Waals surface area contributed by atoms with Gasteiger partial charge < -0.3 is 10.6 Å². The normalized spacial score (nSPS) is 24.6. The average Bonchev–Trinajstić information content (AvgIpc) is 3.31. The van der Waals surface area contributed by atoms with Crippen LogP contribution in [0.4, 0.5) is 4.39 Å². The molecule has 8 heteroatoms. The Morgan fingerprint density at radius 2 is 1.70 bits per heavy atom. The van der Waals surface area contributed by atoms with E-state index in [1.807, 2.05) is 4.90 Å². The maximum atomic E-state index is 13.7. The number of benzene rings is 2. The van der Waals surface area contributed by atoms with E-state index in [9.17, 15) is 14.0 Å². The standard InChI is InChI=1S/C29H30ClFN4O2/c30-21-16-19(6-7-22(21)31)26-25(27(32)37)23-18-34(14-15-35(23)33-26)24(36)17-28-8-11-29(12-9-28,13-10-28)20-4-2-1-3-5-20/h1-7,16H,8-15,17-18H2,(H2,32,37). The molecule has 3 saturated carbocycles. The van der Waals surface area contributed by atoms with Crippen molar-refractivity contribution < 1.29 is 14.0 Å². The van der Waals surface area contributed by atoms with Gasteiger partial charge in [-0.15, -0.1) is 0 Å². The van der Waals surface area contributed by atoms with Crippen LogP contribution in [-0.2, 0) is 23.3 Å². The van der Waals surface area contributed by atoms with Crippen LogP contribution in [0.2, 0.25) is 5.02 Å². The van der Waals surface area contributed by atoms with E-state index >= 15 is 0 Å². The fourth-order valence-electron chi connectivity index (χ4n) is 6.82. The summed E-state index contributed by atoms with van der Waals surface area (Å²) < 4.78 is 15.5. The van der Waals surface area contributed by atoms with Crippen LogP contribution in [0.25, 0.3) is 11.3 Å². The van der Waals surface area contributed by atoms with Gasteiger partial charge in [-0.05, 0) is 73.1 Å². The fourth-order valence-corrected chi connectivity index (χ4v) is 7.00. The van der Waals surface area contributed by atoms with Gasteiger partial charge in [-0.25, -0.2) is 4.39 Å². The van der Waals surface area contributed by atoms with Crippen LogP contribution in [0.5, 0.6) is 0 Å².